The van der Waals surface area contributed by atoms with Crippen molar-refractivity contribution < 1.29 is 5.11 Å². The van der Waals surface area contributed by atoms with E-state index in [0.717, 1.165) is 5.56 Å². The minimum absolute atomic E-state index is 0.0694. The zero-order valence-corrected chi connectivity index (χ0v) is 17.1. The molecule has 3 aromatic carbocycles. The van der Waals surface area contributed by atoms with E-state index < -0.39 is 13.8 Å². The third-order valence-corrected chi connectivity index (χ3v) is 11.5. The Balaban J connectivity index is 2.32. The van der Waals surface area contributed by atoms with Gasteiger partial charge in [-0.25, -0.2) is 0 Å². The molecular weight excluding hydrogens is 332 g/mol. The second kappa shape index (κ2) is 7.22. The highest BCUT2D eigenvalue weighted by Crippen LogP contribution is 2.43. The van der Waals surface area contributed by atoms with Crippen LogP contribution in [0.2, 0.25) is 5.04 Å². The Morgan fingerprint density at radius 3 is 1.50 bits per heavy atom. The number of aliphatic hydroxyl groups is 1. The van der Waals surface area contributed by atoms with Crippen molar-refractivity contribution in [2.24, 2.45) is 0 Å². The number of hydrogen-bond donors (Lipinski definition) is 1. The smallest absolute Gasteiger partial charge is 0.159 e. The van der Waals surface area contributed by atoms with Crippen molar-refractivity contribution in [3.05, 3.63) is 96.1 Å². The standard InChI is InChI=1S/C24H28OSi/c1-19-15-17-20(18-16-19)23(25)26(24(2,3)4,21-11-7-5-8-12-21)22-13-9-6-10-14-22/h5-18,23,25H,1-4H3. The summed E-state index contributed by atoms with van der Waals surface area (Å²) in [6.07, 6.45) is 0. The molecule has 0 aliphatic heterocycles. The lowest BCUT2D eigenvalue weighted by atomic mass is 10.2. The van der Waals surface area contributed by atoms with Gasteiger partial charge in [0.25, 0.3) is 0 Å². The summed E-state index contributed by atoms with van der Waals surface area (Å²) in [6, 6.07) is 29.6. The van der Waals surface area contributed by atoms with Gasteiger partial charge in [-0.3, -0.25) is 0 Å². The number of aliphatic hydroxyl groups excluding tert-OH is 1. The molecule has 0 saturated carbocycles. The van der Waals surface area contributed by atoms with Crippen LogP contribution in [0.5, 0.6) is 0 Å². The van der Waals surface area contributed by atoms with E-state index in [4.69, 9.17) is 0 Å². The first kappa shape index (κ1) is 18.6. The van der Waals surface area contributed by atoms with Gasteiger partial charge in [-0.1, -0.05) is 122 Å². The van der Waals surface area contributed by atoms with Crippen LogP contribution in [0, 0.1) is 6.92 Å². The summed E-state index contributed by atoms with van der Waals surface area (Å²) in [7, 11) is -2.56. The Morgan fingerprint density at radius 2 is 1.12 bits per heavy atom. The maximum absolute atomic E-state index is 11.8. The first-order valence-electron chi connectivity index (χ1n) is 9.23. The molecule has 0 aliphatic rings. The van der Waals surface area contributed by atoms with Crippen molar-refractivity contribution in [3.8, 4) is 0 Å². The van der Waals surface area contributed by atoms with Gasteiger partial charge in [0, 0.05) is 0 Å². The molecule has 0 radical (unpaired) electrons. The van der Waals surface area contributed by atoms with Crippen LogP contribution in [-0.2, 0) is 0 Å². The lowest BCUT2D eigenvalue weighted by Gasteiger charge is -2.47. The SMILES string of the molecule is Cc1ccc(C(O)[Si](c2ccccc2)(c2ccccc2)C(C)(C)C)cc1. The molecule has 0 spiro atoms. The van der Waals surface area contributed by atoms with Crippen LogP contribution in [0.15, 0.2) is 84.9 Å². The third-order valence-electron chi connectivity index (χ3n) is 5.44. The van der Waals surface area contributed by atoms with Gasteiger partial charge in [0.15, 0.2) is 8.07 Å². The van der Waals surface area contributed by atoms with E-state index in [2.05, 4.69) is 113 Å². The van der Waals surface area contributed by atoms with E-state index in [1.807, 2.05) is 0 Å². The number of rotatable bonds is 4. The van der Waals surface area contributed by atoms with E-state index in [1.165, 1.54) is 15.9 Å². The van der Waals surface area contributed by atoms with Crippen molar-refractivity contribution in [2.75, 3.05) is 0 Å². The highest BCUT2D eigenvalue weighted by Gasteiger charge is 2.53. The molecule has 3 aromatic rings. The molecule has 0 aliphatic carbocycles. The van der Waals surface area contributed by atoms with Crippen LogP contribution < -0.4 is 10.4 Å². The maximum atomic E-state index is 11.8. The van der Waals surface area contributed by atoms with E-state index in [9.17, 15) is 5.11 Å². The van der Waals surface area contributed by atoms with Gasteiger partial charge in [-0.15, -0.1) is 0 Å². The molecule has 1 atom stereocenters. The van der Waals surface area contributed by atoms with Gasteiger partial charge >= 0.3 is 0 Å². The number of hydrogen-bond acceptors (Lipinski definition) is 1. The molecule has 0 saturated heterocycles. The average molecular weight is 361 g/mol. The molecule has 3 rings (SSSR count). The lowest BCUT2D eigenvalue weighted by Crippen LogP contribution is -2.68. The molecule has 0 aromatic heterocycles. The molecule has 2 heteroatoms. The zero-order chi connectivity index (χ0) is 18.8. The van der Waals surface area contributed by atoms with Crippen molar-refractivity contribution in [3.63, 3.8) is 0 Å². The Labute approximate surface area is 158 Å². The fraction of sp³-hybridized carbons (Fsp3) is 0.250. The maximum Gasteiger partial charge on any atom is 0.159 e. The third kappa shape index (κ3) is 3.15. The van der Waals surface area contributed by atoms with Crippen LogP contribution >= 0.6 is 0 Å². The Hall–Kier alpha value is -2.16. The highest BCUT2D eigenvalue weighted by atomic mass is 28.3. The molecule has 0 amide bonds. The summed E-state index contributed by atoms with van der Waals surface area (Å²) >= 11 is 0. The number of aryl methyl sites for hydroxylation is 1. The Kier molecular flexibility index (Phi) is 5.17. The monoisotopic (exact) mass is 360 g/mol. The van der Waals surface area contributed by atoms with E-state index in [-0.39, 0.29) is 5.04 Å². The molecule has 0 heterocycles. The fourth-order valence-corrected chi connectivity index (χ4v) is 9.81. The summed E-state index contributed by atoms with van der Waals surface area (Å²) in [6.45, 7) is 8.91. The first-order chi connectivity index (χ1) is 12.4. The predicted octanol–water partition coefficient (Wildman–Crippen LogP) is 4.63. The zero-order valence-electron chi connectivity index (χ0n) is 16.1. The lowest BCUT2D eigenvalue weighted by molar-refractivity contribution is 0.246. The van der Waals surface area contributed by atoms with Gasteiger partial charge in [-0.2, -0.15) is 0 Å². The van der Waals surface area contributed by atoms with Gasteiger partial charge < -0.3 is 5.11 Å². The van der Waals surface area contributed by atoms with Gasteiger partial charge in [0.1, 0.15) is 0 Å². The van der Waals surface area contributed by atoms with Gasteiger partial charge in [0.2, 0.25) is 0 Å². The summed E-state index contributed by atoms with van der Waals surface area (Å²) in [5.41, 5.74) is 1.70. The molecular formula is C24H28OSi. The molecule has 0 fully saturated rings. The van der Waals surface area contributed by atoms with E-state index in [0.29, 0.717) is 0 Å². The Bertz CT molecular complexity index is 793. The van der Waals surface area contributed by atoms with Gasteiger partial charge in [-0.05, 0) is 17.5 Å². The molecule has 0 bridgehead atoms. The summed E-state index contributed by atoms with van der Waals surface area (Å²) < 4.78 is 0. The van der Waals surface area contributed by atoms with E-state index in [1.54, 1.807) is 0 Å². The highest BCUT2D eigenvalue weighted by molar-refractivity contribution is 7.04. The van der Waals surface area contributed by atoms with Crippen molar-refractivity contribution in [1.29, 1.82) is 0 Å². The predicted molar refractivity (Wildman–Crippen MR) is 114 cm³/mol. The van der Waals surface area contributed by atoms with Crippen molar-refractivity contribution in [1.82, 2.24) is 0 Å². The normalized spacial score (nSPS) is 13.4. The minimum Gasteiger partial charge on any atom is -0.391 e. The second-order valence-corrected chi connectivity index (χ2v) is 12.9. The molecule has 1 nitrogen and oxygen atoms in total. The first-order valence-corrected chi connectivity index (χ1v) is 11.3. The summed E-state index contributed by atoms with van der Waals surface area (Å²) in [4.78, 5) is 0. The largest absolute Gasteiger partial charge is 0.391 e. The van der Waals surface area contributed by atoms with Crippen LogP contribution in [0.25, 0.3) is 0 Å². The van der Waals surface area contributed by atoms with E-state index >= 15 is 0 Å². The van der Waals surface area contributed by atoms with Crippen LogP contribution in [0.3, 0.4) is 0 Å². The molecule has 1 unspecified atom stereocenters. The fourth-order valence-electron chi connectivity index (χ4n) is 4.16. The average Bonchev–Trinajstić information content (AvgIpc) is 2.63. The minimum atomic E-state index is -2.56. The van der Waals surface area contributed by atoms with Crippen molar-refractivity contribution in [2.45, 2.75) is 38.5 Å². The second-order valence-electron chi connectivity index (χ2n) is 8.10. The van der Waals surface area contributed by atoms with Crippen LogP contribution in [0.1, 0.15) is 37.6 Å². The van der Waals surface area contributed by atoms with Gasteiger partial charge in [0.05, 0.1) is 5.73 Å². The van der Waals surface area contributed by atoms with Crippen molar-refractivity contribution >= 4 is 18.4 Å². The summed E-state index contributed by atoms with van der Waals surface area (Å²) in [5, 5.41) is 14.3. The molecule has 134 valence electrons. The Morgan fingerprint density at radius 1 is 0.692 bits per heavy atom. The topological polar surface area (TPSA) is 20.2 Å². The quantitative estimate of drug-likeness (QED) is 0.673. The van der Waals surface area contributed by atoms with Crippen LogP contribution in [0.4, 0.5) is 0 Å². The van der Waals surface area contributed by atoms with Crippen LogP contribution in [-0.4, -0.2) is 13.2 Å². The molecule has 26 heavy (non-hydrogen) atoms. The summed E-state index contributed by atoms with van der Waals surface area (Å²) in [5.74, 6) is 0. The molecule has 1 N–H and O–H groups in total. The number of benzene rings is 3.